The molecule has 0 radical (unpaired) electrons. The molecule has 17 heavy (non-hydrogen) atoms. The summed E-state index contributed by atoms with van der Waals surface area (Å²) >= 11 is 0. The number of benzene rings is 1. The molecular formula is C13H21ClN2O. The number of hydrogen-bond donors (Lipinski definition) is 2. The average Bonchev–Trinajstić information content (AvgIpc) is 2.34. The van der Waals surface area contributed by atoms with Crippen LogP contribution in [0.1, 0.15) is 17.2 Å². The van der Waals surface area contributed by atoms with E-state index in [-0.39, 0.29) is 25.1 Å². The zero-order chi connectivity index (χ0) is 11.4. The molecule has 1 aliphatic rings. The molecule has 1 fully saturated rings. The summed E-state index contributed by atoms with van der Waals surface area (Å²) in [5.41, 5.74) is 2.48. The van der Waals surface area contributed by atoms with Crippen LogP contribution < -0.4 is 5.32 Å². The third-order valence-corrected chi connectivity index (χ3v) is 3.23. The molecule has 1 saturated heterocycles. The van der Waals surface area contributed by atoms with Gasteiger partial charge in [-0.3, -0.25) is 4.90 Å². The normalized spacial score (nSPS) is 18.5. The first-order chi connectivity index (χ1) is 7.81. The Kier molecular flexibility index (Phi) is 5.92. The van der Waals surface area contributed by atoms with Crippen molar-refractivity contribution in [2.24, 2.45) is 0 Å². The van der Waals surface area contributed by atoms with Crippen molar-refractivity contribution in [2.45, 2.75) is 13.0 Å². The maximum absolute atomic E-state index is 9.54. The fourth-order valence-electron chi connectivity index (χ4n) is 2.21. The molecule has 3 nitrogen and oxygen atoms in total. The fourth-order valence-corrected chi connectivity index (χ4v) is 2.21. The van der Waals surface area contributed by atoms with Crippen molar-refractivity contribution >= 4 is 12.4 Å². The molecule has 1 atom stereocenters. The summed E-state index contributed by atoms with van der Waals surface area (Å²) in [7, 11) is 0. The molecule has 1 aromatic carbocycles. The second kappa shape index (κ2) is 6.97. The van der Waals surface area contributed by atoms with Gasteiger partial charge in [0.15, 0.2) is 0 Å². The zero-order valence-electron chi connectivity index (χ0n) is 10.2. The molecule has 2 rings (SSSR count). The molecule has 2 N–H and O–H groups in total. The van der Waals surface area contributed by atoms with E-state index in [1.807, 2.05) is 0 Å². The lowest BCUT2D eigenvalue weighted by atomic mass is 10.0. The predicted molar refractivity (Wildman–Crippen MR) is 72.7 cm³/mol. The highest BCUT2D eigenvalue weighted by Gasteiger charge is 2.20. The molecule has 0 bridgehead atoms. The van der Waals surface area contributed by atoms with E-state index in [9.17, 15) is 5.11 Å². The van der Waals surface area contributed by atoms with E-state index in [4.69, 9.17) is 0 Å². The Hall–Kier alpha value is -0.610. The van der Waals surface area contributed by atoms with E-state index < -0.39 is 0 Å². The number of piperazine rings is 1. The van der Waals surface area contributed by atoms with Crippen LogP contribution >= 0.6 is 12.4 Å². The van der Waals surface area contributed by atoms with Crippen LogP contribution in [0.4, 0.5) is 0 Å². The summed E-state index contributed by atoms with van der Waals surface area (Å²) in [6.45, 7) is 6.34. The maximum Gasteiger partial charge on any atom is 0.0628 e. The topological polar surface area (TPSA) is 35.5 Å². The van der Waals surface area contributed by atoms with Gasteiger partial charge in [-0.15, -0.1) is 12.4 Å². The highest BCUT2D eigenvalue weighted by atomic mass is 35.5. The highest BCUT2D eigenvalue weighted by molar-refractivity contribution is 5.85. The third-order valence-electron chi connectivity index (χ3n) is 3.23. The van der Waals surface area contributed by atoms with Gasteiger partial charge in [0, 0.05) is 26.2 Å². The van der Waals surface area contributed by atoms with Crippen LogP contribution in [-0.4, -0.2) is 42.8 Å². The molecule has 0 spiro atoms. The lowest BCUT2D eigenvalue weighted by Crippen LogP contribution is -2.46. The second-order valence-corrected chi connectivity index (χ2v) is 4.40. The number of hydrogen-bond acceptors (Lipinski definition) is 3. The summed E-state index contributed by atoms with van der Waals surface area (Å²) in [5.74, 6) is 0. The van der Waals surface area contributed by atoms with Crippen molar-refractivity contribution in [3.05, 3.63) is 35.4 Å². The van der Waals surface area contributed by atoms with Crippen molar-refractivity contribution in [1.82, 2.24) is 10.2 Å². The van der Waals surface area contributed by atoms with Crippen LogP contribution in [0.2, 0.25) is 0 Å². The highest BCUT2D eigenvalue weighted by Crippen LogP contribution is 2.20. The minimum atomic E-state index is 0. The second-order valence-electron chi connectivity index (χ2n) is 4.40. The minimum Gasteiger partial charge on any atom is -0.394 e. The number of nitrogens with zero attached hydrogens (tertiary/aromatic N) is 1. The Labute approximate surface area is 109 Å². The molecule has 1 aromatic rings. The van der Waals surface area contributed by atoms with Crippen LogP contribution in [0.15, 0.2) is 24.3 Å². The lowest BCUT2D eigenvalue weighted by molar-refractivity contribution is 0.111. The standard InChI is InChI=1S/C13H20N2O.ClH/c1-11-2-4-12(5-3-11)13(10-16)15-8-6-14-7-9-15;/h2-5,13-14,16H,6-10H2,1H3;1H/t13-;/m1./s1. The number of rotatable bonds is 3. The molecule has 4 heteroatoms. The SMILES string of the molecule is Cc1ccc([C@@H](CO)N2CCNCC2)cc1.Cl. The van der Waals surface area contributed by atoms with Crippen molar-refractivity contribution in [2.75, 3.05) is 32.8 Å². The largest absolute Gasteiger partial charge is 0.394 e. The van der Waals surface area contributed by atoms with Crippen LogP contribution in [0.5, 0.6) is 0 Å². The molecule has 0 amide bonds. The molecular weight excluding hydrogens is 236 g/mol. The van der Waals surface area contributed by atoms with Gasteiger partial charge >= 0.3 is 0 Å². The van der Waals surface area contributed by atoms with E-state index in [1.165, 1.54) is 11.1 Å². The summed E-state index contributed by atoms with van der Waals surface area (Å²) in [4.78, 5) is 2.35. The van der Waals surface area contributed by atoms with Crippen LogP contribution in [0, 0.1) is 6.92 Å². The zero-order valence-corrected chi connectivity index (χ0v) is 11.0. The summed E-state index contributed by atoms with van der Waals surface area (Å²) in [6, 6.07) is 8.62. The number of aliphatic hydroxyl groups excluding tert-OH is 1. The number of nitrogens with one attached hydrogen (secondary N) is 1. The Morgan fingerprint density at radius 1 is 1.24 bits per heavy atom. The minimum absolute atomic E-state index is 0. The van der Waals surface area contributed by atoms with Crippen molar-refractivity contribution in [1.29, 1.82) is 0 Å². The molecule has 0 saturated carbocycles. The van der Waals surface area contributed by atoms with E-state index >= 15 is 0 Å². The van der Waals surface area contributed by atoms with Crippen molar-refractivity contribution < 1.29 is 5.11 Å². The fraction of sp³-hybridized carbons (Fsp3) is 0.538. The van der Waals surface area contributed by atoms with E-state index in [0.717, 1.165) is 26.2 Å². The van der Waals surface area contributed by atoms with Gasteiger partial charge in [-0.25, -0.2) is 0 Å². The third kappa shape index (κ3) is 3.68. The monoisotopic (exact) mass is 256 g/mol. The van der Waals surface area contributed by atoms with Crippen LogP contribution in [0.3, 0.4) is 0 Å². The van der Waals surface area contributed by atoms with E-state index in [0.29, 0.717) is 0 Å². The van der Waals surface area contributed by atoms with Gasteiger partial charge < -0.3 is 10.4 Å². The van der Waals surface area contributed by atoms with E-state index in [1.54, 1.807) is 0 Å². The first-order valence-electron chi connectivity index (χ1n) is 5.93. The lowest BCUT2D eigenvalue weighted by Gasteiger charge is -2.34. The summed E-state index contributed by atoms with van der Waals surface area (Å²) in [6.07, 6.45) is 0. The van der Waals surface area contributed by atoms with Gasteiger partial charge in [0.1, 0.15) is 0 Å². The Morgan fingerprint density at radius 2 is 1.82 bits per heavy atom. The molecule has 96 valence electrons. The van der Waals surface area contributed by atoms with Gasteiger partial charge in [0.05, 0.1) is 12.6 Å². The smallest absolute Gasteiger partial charge is 0.0628 e. The van der Waals surface area contributed by atoms with Gasteiger partial charge in [0.25, 0.3) is 0 Å². The molecule has 0 aliphatic carbocycles. The number of aryl methyl sites for hydroxylation is 1. The molecule has 1 heterocycles. The van der Waals surface area contributed by atoms with Gasteiger partial charge in [-0.2, -0.15) is 0 Å². The van der Waals surface area contributed by atoms with Crippen LogP contribution in [0.25, 0.3) is 0 Å². The quantitative estimate of drug-likeness (QED) is 0.857. The molecule has 0 aromatic heterocycles. The van der Waals surface area contributed by atoms with Gasteiger partial charge in [-0.1, -0.05) is 29.8 Å². The Balaban J connectivity index is 0.00000144. The number of aliphatic hydroxyl groups is 1. The first kappa shape index (κ1) is 14.5. The Bertz CT molecular complexity index is 323. The van der Waals surface area contributed by atoms with Crippen molar-refractivity contribution in [3.8, 4) is 0 Å². The number of halogens is 1. The first-order valence-corrected chi connectivity index (χ1v) is 5.93. The van der Waals surface area contributed by atoms with E-state index in [2.05, 4.69) is 41.4 Å². The summed E-state index contributed by atoms with van der Waals surface area (Å²) < 4.78 is 0. The Morgan fingerprint density at radius 3 is 2.35 bits per heavy atom. The maximum atomic E-state index is 9.54. The molecule has 0 unspecified atom stereocenters. The van der Waals surface area contributed by atoms with Gasteiger partial charge in [0.2, 0.25) is 0 Å². The summed E-state index contributed by atoms with van der Waals surface area (Å²) in [5, 5.41) is 12.9. The molecule has 1 aliphatic heterocycles. The van der Waals surface area contributed by atoms with Gasteiger partial charge in [-0.05, 0) is 12.5 Å². The average molecular weight is 257 g/mol. The predicted octanol–water partition coefficient (Wildman–Crippen LogP) is 1.36. The van der Waals surface area contributed by atoms with Crippen molar-refractivity contribution in [3.63, 3.8) is 0 Å². The van der Waals surface area contributed by atoms with Crippen LogP contribution in [-0.2, 0) is 0 Å².